The van der Waals surface area contributed by atoms with Crippen LogP contribution in [0.5, 0.6) is 5.75 Å². The lowest BCUT2D eigenvalue weighted by Gasteiger charge is -2.30. The molecule has 4 aromatic rings. The summed E-state index contributed by atoms with van der Waals surface area (Å²) in [6.45, 7) is 4.20. The summed E-state index contributed by atoms with van der Waals surface area (Å²) >= 11 is 0. The zero-order valence-corrected chi connectivity index (χ0v) is 20.7. The molecule has 182 valence electrons. The van der Waals surface area contributed by atoms with E-state index in [2.05, 4.69) is 5.32 Å². The van der Waals surface area contributed by atoms with Gasteiger partial charge in [0.2, 0.25) is 5.91 Å². The molecule has 0 spiro atoms. The predicted octanol–water partition coefficient (Wildman–Crippen LogP) is 5.93. The van der Waals surface area contributed by atoms with Gasteiger partial charge in [-0.05, 0) is 72.5 Å². The fourth-order valence-corrected chi connectivity index (χ4v) is 4.14. The normalized spacial score (nSPS) is 11.1. The first-order valence-corrected chi connectivity index (χ1v) is 11.9. The molecule has 5 heteroatoms. The zero-order chi connectivity index (χ0) is 25.7. The Balaban J connectivity index is 1.40. The molecule has 4 rings (SSSR count). The number of carbonyl (C=O) groups excluding carboxylic acids is 2. The fourth-order valence-electron chi connectivity index (χ4n) is 4.14. The lowest BCUT2D eigenvalue weighted by Crippen LogP contribution is -2.41. The van der Waals surface area contributed by atoms with E-state index in [1.54, 1.807) is 36.2 Å². The Hall–Kier alpha value is -4.38. The van der Waals surface area contributed by atoms with Crippen LogP contribution in [0.25, 0.3) is 11.1 Å². The van der Waals surface area contributed by atoms with Gasteiger partial charge in [0.15, 0.2) is 0 Å². The smallest absolute Gasteiger partial charge is 0.251 e. The van der Waals surface area contributed by atoms with Gasteiger partial charge < -0.3 is 15.3 Å². The Morgan fingerprint density at radius 2 is 1.42 bits per heavy atom. The van der Waals surface area contributed by atoms with Crippen LogP contribution in [-0.2, 0) is 16.8 Å². The molecule has 0 fully saturated rings. The number of amides is 2. The van der Waals surface area contributed by atoms with Gasteiger partial charge in [0.1, 0.15) is 5.75 Å². The second kappa shape index (κ2) is 10.5. The van der Waals surface area contributed by atoms with Crippen LogP contribution in [0.4, 0.5) is 5.69 Å². The van der Waals surface area contributed by atoms with E-state index < -0.39 is 5.41 Å². The Labute approximate surface area is 212 Å². The van der Waals surface area contributed by atoms with Crippen molar-refractivity contribution in [2.24, 2.45) is 0 Å². The van der Waals surface area contributed by atoms with Crippen molar-refractivity contribution in [3.63, 3.8) is 0 Å². The van der Waals surface area contributed by atoms with Gasteiger partial charge in [0, 0.05) is 24.8 Å². The van der Waals surface area contributed by atoms with Crippen molar-refractivity contribution in [2.45, 2.75) is 25.8 Å². The largest absolute Gasteiger partial charge is 0.508 e. The van der Waals surface area contributed by atoms with E-state index in [1.165, 1.54) is 0 Å². The molecule has 0 unspecified atom stereocenters. The molecule has 0 saturated heterocycles. The molecule has 0 atom stereocenters. The number of nitrogens with one attached hydrogen (secondary N) is 1. The number of nitrogens with zero attached hydrogens (tertiary/aromatic N) is 1. The summed E-state index contributed by atoms with van der Waals surface area (Å²) < 4.78 is 0. The molecule has 0 radical (unpaired) electrons. The minimum Gasteiger partial charge on any atom is -0.508 e. The highest BCUT2D eigenvalue weighted by atomic mass is 16.3. The van der Waals surface area contributed by atoms with E-state index in [4.69, 9.17) is 0 Å². The number of anilines is 1. The molecule has 5 nitrogen and oxygen atoms in total. The van der Waals surface area contributed by atoms with Crippen LogP contribution in [-0.4, -0.2) is 24.0 Å². The van der Waals surface area contributed by atoms with Gasteiger partial charge in [-0.1, -0.05) is 66.7 Å². The maximum Gasteiger partial charge on any atom is 0.251 e. The predicted molar refractivity (Wildman–Crippen MR) is 144 cm³/mol. The molecular weight excluding hydrogens is 448 g/mol. The van der Waals surface area contributed by atoms with Crippen molar-refractivity contribution in [3.05, 3.63) is 120 Å². The van der Waals surface area contributed by atoms with Gasteiger partial charge in [0.05, 0.1) is 5.41 Å². The Morgan fingerprint density at radius 3 is 2.06 bits per heavy atom. The number of rotatable bonds is 7. The molecule has 0 bridgehead atoms. The molecule has 0 saturated carbocycles. The summed E-state index contributed by atoms with van der Waals surface area (Å²) in [6.07, 6.45) is 0. The number of hydrogen-bond acceptors (Lipinski definition) is 3. The van der Waals surface area contributed by atoms with E-state index in [0.717, 1.165) is 27.9 Å². The van der Waals surface area contributed by atoms with E-state index in [-0.39, 0.29) is 17.6 Å². The number of likely N-dealkylation sites (N-methyl/N-ethyl adjacent to an activating group) is 1. The average Bonchev–Trinajstić information content (AvgIpc) is 2.92. The van der Waals surface area contributed by atoms with E-state index >= 15 is 0 Å². The van der Waals surface area contributed by atoms with Crippen LogP contribution in [0, 0.1) is 0 Å². The molecule has 2 amide bonds. The van der Waals surface area contributed by atoms with Gasteiger partial charge in [-0.2, -0.15) is 0 Å². The quantitative estimate of drug-likeness (QED) is 0.346. The lowest BCUT2D eigenvalue weighted by atomic mass is 9.83. The maximum atomic E-state index is 13.3. The van der Waals surface area contributed by atoms with Crippen LogP contribution < -0.4 is 10.2 Å². The first-order valence-electron chi connectivity index (χ1n) is 11.9. The Bertz CT molecular complexity index is 1340. The van der Waals surface area contributed by atoms with Crippen molar-refractivity contribution >= 4 is 17.5 Å². The lowest BCUT2D eigenvalue weighted by molar-refractivity contribution is -0.122. The number of carbonyl (C=O) groups is 2. The van der Waals surface area contributed by atoms with Gasteiger partial charge in [0.25, 0.3) is 5.91 Å². The topological polar surface area (TPSA) is 69.6 Å². The first kappa shape index (κ1) is 24.7. The summed E-state index contributed by atoms with van der Waals surface area (Å²) in [5.74, 6) is 0.0326. The van der Waals surface area contributed by atoms with Crippen molar-refractivity contribution in [3.8, 4) is 16.9 Å². The third kappa shape index (κ3) is 5.47. The molecular formula is C31H30N2O3. The highest BCUT2D eigenvalue weighted by molar-refractivity contribution is 6.00. The minimum atomic E-state index is -0.674. The monoisotopic (exact) mass is 478 g/mol. The van der Waals surface area contributed by atoms with E-state index in [0.29, 0.717) is 12.1 Å². The van der Waals surface area contributed by atoms with Crippen molar-refractivity contribution < 1.29 is 14.7 Å². The second-order valence-electron chi connectivity index (χ2n) is 9.33. The molecule has 0 aliphatic heterocycles. The van der Waals surface area contributed by atoms with Crippen LogP contribution in [0.15, 0.2) is 103 Å². The van der Waals surface area contributed by atoms with Gasteiger partial charge in [-0.25, -0.2) is 0 Å². The number of aromatic hydroxyl groups is 1. The van der Waals surface area contributed by atoms with Crippen molar-refractivity contribution in [1.29, 1.82) is 0 Å². The van der Waals surface area contributed by atoms with E-state index in [1.807, 2.05) is 92.7 Å². The molecule has 36 heavy (non-hydrogen) atoms. The number of benzene rings is 4. The highest BCUT2D eigenvalue weighted by Gasteiger charge is 2.32. The third-order valence-electron chi connectivity index (χ3n) is 6.43. The molecule has 0 aromatic heterocycles. The molecule has 4 aromatic carbocycles. The third-order valence-corrected chi connectivity index (χ3v) is 6.43. The van der Waals surface area contributed by atoms with Crippen LogP contribution in [0.2, 0.25) is 0 Å². The summed E-state index contributed by atoms with van der Waals surface area (Å²) in [4.78, 5) is 27.7. The summed E-state index contributed by atoms with van der Waals surface area (Å²) in [5.41, 5.74) is 4.45. The summed E-state index contributed by atoms with van der Waals surface area (Å²) in [5, 5.41) is 12.4. The Morgan fingerprint density at radius 1 is 0.806 bits per heavy atom. The molecule has 0 aliphatic carbocycles. The standard InChI is InChI=1S/C31H30N2O3/c1-31(2,26-9-5-4-6-10-26)30(36)33(3)27-11-7-8-22(20-27)21-32-29(35)25-14-12-23(13-15-25)24-16-18-28(34)19-17-24/h4-20,34H,21H2,1-3H3,(H,32,35). The van der Waals surface area contributed by atoms with Crippen LogP contribution in [0.3, 0.4) is 0 Å². The first-order chi connectivity index (χ1) is 17.3. The highest BCUT2D eigenvalue weighted by Crippen LogP contribution is 2.28. The molecule has 0 aliphatic rings. The number of phenols is 1. The van der Waals surface area contributed by atoms with Crippen molar-refractivity contribution in [2.75, 3.05) is 11.9 Å². The number of hydrogen-bond donors (Lipinski definition) is 2. The summed E-state index contributed by atoms with van der Waals surface area (Å²) in [7, 11) is 1.78. The van der Waals surface area contributed by atoms with E-state index in [9.17, 15) is 14.7 Å². The SMILES string of the molecule is CN(C(=O)C(C)(C)c1ccccc1)c1cccc(CNC(=O)c2ccc(-c3ccc(O)cc3)cc2)c1. The van der Waals surface area contributed by atoms with Crippen LogP contribution in [0.1, 0.15) is 35.3 Å². The average molecular weight is 479 g/mol. The van der Waals surface area contributed by atoms with Crippen LogP contribution >= 0.6 is 0 Å². The second-order valence-corrected chi connectivity index (χ2v) is 9.33. The van der Waals surface area contributed by atoms with Crippen molar-refractivity contribution in [1.82, 2.24) is 5.32 Å². The molecule has 2 N–H and O–H groups in total. The maximum absolute atomic E-state index is 13.3. The van der Waals surface area contributed by atoms with Gasteiger partial charge in [-0.3, -0.25) is 9.59 Å². The Kier molecular flexibility index (Phi) is 7.20. The molecule has 0 heterocycles. The fraction of sp³-hybridized carbons (Fsp3) is 0.161. The minimum absolute atomic E-state index is 0.0106. The zero-order valence-electron chi connectivity index (χ0n) is 20.7. The summed E-state index contributed by atoms with van der Waals surface area (Å²) in [6, 6.07) is 31.7. The van der Waals surface area contributed by atoms with Gasteiger partial charge >= 0.3 is 0 Å². The van der Waals surface area contributed by atoms with Gasteiger partial charge in [-0.15, -0.1) is 0 Å². The number of phenolic OH excluding ortho intramolecular Hbond substituents is 1.